The molecule has 0 spiro atoms. The summed E-state index contributed by atoms with van der Waals surface area (Å²) in [5.41, 5.74) is 2.92. The molecule has 5 rings (SSSR count). The molecular formula is C27H27ClFN7O2. The Bertz CT molecular complexity index is 1450. The van der Waals surface area contributed by atoms with Crippen LogP contribution in [0.2, 0.25) is 5.02 Å². The highest BCUT2D eigenvalue weighted by Gasteiger charge is 2.16. The molecule has 0 saturated carbocycles. The number of hydrogen-bond donors (Lipinski definition) is 2. The maximum atomic E-state index is 14.5. The number of nitrogens with zero attached hydrogens (tertiary/aromatic N) is 5. The van der Waals surface area contributed by atoms with E-state index in [1.54, 1.807) is 23.0 Å². The number of aryl methyl sites for hydroxylation is 1. The average molecular weight is 536 g/mol. The van der Waals surface area contributed by atoms with Crippen LogP contribution in [0.1, 0.15) is 0 Å². The number of aromatic nitrogens is 3. The fourth-order valence-electron chi connectivity index (χ4n) is 4.15. The van der Waals surface area contributed by atoms with Gasteiger partial charge in [-0.25, -0.2) is 14.2 Å². The topological polar surface area (TPSA) is 87.5 Å². The number of ether oxygens (including phenoxy) is 1. The third-order valence-electron chi connectivity index (χ3n) is 6.14. The lowest BCUT2D eigenvalue weighted by Gasteiger charge is -2.34. The number of anilines is 3. The third-order valence-corrected chi connectivity index (χ3v) is 6.36. The fraction of sp³-hybridized carbons (Fsp3) is 0.222. The minimum absolute atomic E-state index is 0.0373. The Balaban J connectivity index is 1.27. The third kappa shape index (κ3) is 6.21. The van der Waals surface area contributed by atoms with Crippen LogP contribution in [0, 0.1) is 5.82 Å². The van der Waals surface area contributed by atoms with Crippen molar-refractivity contribution in [3.63, 3.8) is 0 Å². The predicted octanol–water partition coefficient (Wildman–Crippen LogP) is 5.46. The average Bonchev–Trinajstić information content (AvgIpc) is 3.32. The fourth-order valence-corrected chi connectivity index (χ4v) is 4.38. The Labute approximate surface area is 224 Å². The van der Waals surface area contributed by atoms with Crippen molar-refractivity contribution in [1.29, 1.82) is 0 Å². The highest BCUT2D eigenvalue weighted by Crippen LogP contribution is 2.29. The summed E-state index contributed by atoms with van der Waals surface area (Å²) in [4.78, 5) is 21.7. The molecule has 2 amide bonds. The minimum Gasteiger partial charge on any atom is -0.439 e. The maximum absolute atomic E-state index is 14.5. The van der Waals surface area contributed by atoms with Crippen LogP contribution in [0.3, 0.4) is 0 Å². The van der Waals surface area contributed by atoms with Gasteiger partial charge in [0.1, 0.15) is 11.6 Å². The van der Waals surface area contributed by atoms with Crippen molar-refractivity contribution in [1.82, 2.24) is 19.7 Å². The van der Waals surface area contributed by atoms with Gasteiger partial charge in [-0.15, -0.1) is 0 Å². The molecule has 1 saturated heterocycles. The summed E-state index contributed by atoms with van der Waals surface area (Å²) in [6.07, 6.45) is 3.55. The van der Waals surface area contributed by atoms with Crippen molar-refractivity contribution in [3.05, 3.63) is 77.8 Å². The molecule has 4 aromatic rings. The van der Waals surface area contributed by atoms with Gasteiger partial charge in [-0.05, 0) is 43.4 Å². The second kappa shape index (κ2) is 11.1. The van der Waals surface area contributed by atoms with E-state index >= 15 is 0 Å². The number of carbonyl (C=O) groups is 1. The first-order chi connectivity index (χ1) is 18.3. The number of nitrogens with one attached hydrogen (secondary N) is 2. The van der Waals surface area contributed by atoms with E-state index in [1.165, 1.54) is 18.2 Å². The van der Waals surface area contributed by atoms with Crippen molar-refractivity contribution < 1.29 is 13.9 Å². The van der Waals surface area contributed by atoms with Gasteiger partial charge in [0, 0.05) is 73.5 Å². The molecular weight excluding hydrogens is 509 g/mol. The molecule has 2 N–H and O–H groups in total. The number of likely N-dealkylation sites (N-methyl/N-ethyl adjacent to an activating group) is 1. The standard InChI is InChI=1S/C27H27ClFN7O2/c1-34-8-10-36(11-9-34)21-13-19(28)12-20(14-21)31-27(37)33-25-15-22(6-7-23(25)29)38-26-5-3-4-24(32-26)18-16-30-35(2)17-18/h3-7,12-17H,8-11H2,1-2H3,(H2,31,33,37). The predicted molar refractivity (Wildman–Crippen MR) is 147 cm³/mol. The summed E-state index contributed by atoms with van der Waals surface area (Å²) in [5.74, 6) is 0.0372. The molecule has 0 atom stereocenters. The molecule has 2 aromatic heterocycles. The normalized spacial score (nSPS) is 13.8. The molecule has 1 aliphatic heterocycles. The van der Waals surface area contributed by atoms with Crippen molar-refractivity contribution in [2.24, 2.45) is 7.05 Å². The van der Waals surface area contributed by atoms with E-state index in [2.05, 4.69) is 37.6 Å². The van der Waals surface area contributed by atoms with Gasteiger partial charge >= 0.3 is 6.03 Å². The molecule has 38 heavy (non-hydrogen) atoms. The number of benzene rings is 2. The highest BCUT2D eigenvalue weighted by molar-refractivity contribution is 6.31. The Hall–Kier alpha value is -4.15. The summed E-state index contributed by atoms with van der Waals surface area (Å²) in [6, 6.07) is 14.2. The Kier molecular flexibility index (Phi) is 7.43. The van der Waals surface area contributed by atoms with E-state index in [9.17, 15) is 9.18 Å². The largest absolute Gasteiger partial charge is 0.439 e. The van der Waals surface area contributed by atoms with Crippen LogP contribution in [0.25, 0.3) is 11.3 Å². The highest BCUT2D eigenvalue weighted by atomic mass is 35.5. The lowest BCUT2D eigenvalue weighted by Crippen LogP contribution is -2.44. The molecule has 0 unspecified atom stereocenters. The molecule has 2 aromatic carbocycles. The van der Waals surface area contributed by atoms with Crippen molar-refractivity contribution >= 4 is 34.7 Å². The summed E-state index contributed by atoms with van der Waals surface area (Å²) >= 11 is 6.32. The first kappa shape index (κ1) is 25.5. The Morgan fingerprint density at radius 1 is 1.03 bits per heavy atom. The summed E-state index contributed by atoms with van der Waals surface area (Å²) < 4.78 is 22.1. The summed E-state index contributed by atoms with van der Waals surface area (Å²) in [6.45, 7) is 3.61. The number of urea groups is 1. The van der Waals surface area contributed by atoms with Crippen LogP contribution in [-0.2, 0) is 7.05 Å². The van der Waals surface area contributed by atoms with E-state index in [0.717, 1.165) is 37.4 Å². The van der Waals surface area contributed by atoms with Crippen LogP contribution in [-0.4, -0.2) is 58.9 Å². The van der Waals surface area contributed by atoms with Gasteiger partial charge in [0.15, 0.2) is 0 Å². The number of pyridine rings is 1. The van der Waals surface area contributed by atoms with E-state index < -0.39 is 11.8 Å². The minimum atomic E-state index is -0.607. The second-order valence-electron chi connectivity index (χ2n) is 9.08. The smallest absolute Gasteiger partial charge is 0.323 e. The Morgan fingerprint density at radius 2 is 1.84 bits per heavy atom. The van der Waals surface area contributed by atoms with Crippen LogP contribution in [0.5, 0.6) is 11.6 Å². The number of rotatable bonds is 6. The molecule has 9 nitrogen and oxygen atoms in total. The number of halogens is 2. The van der Waals surface area contributed by atoms with Crippen molar-refractivity contribution in [2.45, 2.75) is 0 Å². The van der Waals surface area contributed by atoms with Gasteiger partial charge in [0.2, 0.25) is 5.88 Å². The number of piperazine rings is 1. The number of amides is 2. The summed E-state index contributed by atoms with van der Waals surface area (Å²) in [7, 11) is 3.91. The molecule has 196 valence electrons. The number of carbonyl (C=O) groups excluding carboxylic acids is 1. The van der Waals surface area contributed by atoms with Gasteiger partial charge in [0.25, 0.3) is 0 Å². The zero-order valence-electron chi connectivity index (χ0n) is 21.0. The van der Waals surface area contributed by atoms with Crippen LogP contribution < -0.4 is 20.3 Å². The van der Waals surface area contributed by atoms with Crippen LogP contribution in [0.15, 0.2) is 67.0 Å². The SMILES string of the molecule is CN1CCN(c2cc(Cl)cc(NC(=O)Nc3cc(Oc4cccc(-c5cnn(C)c5)n4)ccc3F)c2)CC1. The lowest BCUT2D eigenvalue weighted by atomic mass is 10.2. The molecule has 11 heteroatoms. The summed E-state index contributed by atoms with van der Waals surface area (Å²) in [5, 5.41) is 9.95. The zero-order chi connectivity index (χ0) is 26.6. The first-order valence-corrected chi connectivity index (χ1v) is 12.5. The van der Waals surface area contributed by atoms with Gasteiger partial charge in [0.05, 0.1) is 17.6 Å². The molecule has 1 fully saturated rings. The van der Waals surface area contributed by atoms with E-state index in [0.29, 0.717) is 28.0 Å². The van der Waals surface area contributed by atoms with Gasteiger partial charge in [-0.3, -0.25) is 4.68 Å². The Morgan fingerprint density at radius 3 is 2.61 bits per heavy atom. The molecule has 0 bridgehead atoms. The van der Waals surface area contributed by atoms with Gasteiger partial charge in [-0.2, -0.15) is 5.10 Å². The van der Waals surface area contributed by atoms with Crippen molar-refractivity contribution in [2.75, 3.05) is 48.8 Å². The van der Waals surface area contributed by atoms with Crippen LogP contribution in [0.4, 0.5) is 26.2 Å². The van der Waals surface area contributed by atoms with Gasteiger partial charge in [-0.1, -0.05) is 17.7 Å². The maximum Gasteiger partial charge on any atom is 0.323 e. The molecule has 1 aliphatic rings. The quantitative estimate of drug-likeness (QED) is 0.341. The van der Waals surface area contributed by atoms with Crippen molar-refractivity contribution in [3.8, 4) is 22.9 Å². The first-order valence-electron chi connectivity index (χ1n) is 12.1. The van der Waals surface area contributed by atoms with Crippen LogP contribution >= 0.6 is 11.6 Å². The molecule has 3 heterocycles. The zero-order valence-corrected chi connectivity index (χ0v) is 21.7. The molecule has 0 radical (unpaired) electrons. The lowest BCUT2D eigenvalue weighted by molar-refractivity contribution is 0.262. The number of hydrogen-bond acceptors (Lipinski definition) is 6. The molecule has 0 aliphatic carbocycles. The second-order valence-corrected chi connectivity index (χ2v) is 9.51. The van der Waals surface area contributed by atoms with Gasteiger partial charge < -0.3 is 25.2 Å². The van der Waals surface area contributed by atoms with E-state index in [-0.39, 0.29) is 5.69 Å². The van der Waals surface area contributed by atoms with E-state index in [4.69, 9.17) is 16.3 Å². The van der Waals surface area contributed by atoms with E-state index in [1.807, 2.05) is 37.5 Å². The monoisotopic (exact) mass is 535 g/mol.